The largest absolute Gasteiger partial charge is 0.328 e. The van der Waals surface area contributed by atoms with Gasteiger partial charge in [0.2, 0.25) is 0 Å². The van der Waals surface area contributed by atoms with E-state index in [1.54, 1.807) is 11.6 Å². The molecule has 1 aliphatic rings. The molecule has 3 aromatic rings. The van der Waals surface area contributed by atoms with Gasteiger partial charge in [0.25, 0.3) is 0 Å². The summed E-state index contributed by atoms with van der Waals surface area (Å²) in [5.41, 5.74) is 11.3. The van der Waals surface area contributed by atoms with Crippen LogP contribution in [0.1, 0.15) is 18.4 Å². The third kappa shape index (κ3) is 3.25. The average molecular weight is 336 g/mol. The molecule has 4 rings (SSSR count). The molecule has 0 unspecified atom stereocenters. The van der Waals surface area contributed by atoms with Gasteiger partial charge < -0.3 is 10.7 Å². The number of hydrogen-bond acceptors (Lipinski definition) is 3. The number of nitrogens with zero attached hydrogens (tertiary/aromatic N) is 2. The van der Waals surface area contributed by atoms with Crippen LogP contribution in [0.3, 0.4) is 0 Å². The molecular weight excluding hydrogens is 312 g/mol. The molecule has 0 bridgehead atoms. The number of aromatic nitrogens is 2. The number of aromatic amines is 1. The Morgan fingerprint density at radius 1 is 1.12 bits per heavy atom. The highest BCUT2D eigenvalue weighted by Crippen LogP contribution is 2.24. The Morgan fingerprint density at radius 3 is 2.68 bits per heavy atom. The lowest BCUT2D eigenvalue weighted by Gasteiger charge is -2.30. The highest BCUT2D eigenvalue weighted by Gasteiger charge is 2.16. The zero-order chi connectivity index (χ0) is 17.4. The monoisotopic (exact) mass is 336 g/mol. The van der Waals surface area contributed by atoms with Gasteiger partial charge in [-0.3, -0.25) is 9.47 Å². The number of rotatable bonds is 3. The van der Waals surface area contributed by atoms with Crippen molar-refractivity contribution >= 4 is 11.0 Å². The molecule has 5 heteroatoms. The molecule has 0 atom stereocenters. The molecule has 0 amide bonds. The number of likely N-dealkylation sites (tertiary alicyclic amines) is 1. The number of aryl methyl sites for hydroxylation is 1. The van der Waals surface area contributed by atoms with Crippen molar-refractivity contribution < 1.29 is 0 Å². The third-order valence-electron chi connectivity index (χ3n) is 5.20. The van der Waals surface area contributed by atoms with Gasteiger partial charge in [0.15, 0.2) is 0 Å². The standard InChI is InChI=1S/C20H24N4O/c1-23-19-12-16(5-6-18(19)22-20(23)25)15-4-2-3-14(11-15)13-24-9-7-17(21)8-10-24/h2-6,11-12,17H,7-10,13,21H2,1H3,(H,22,25). The molecule has 1 aliphatic heterocycles. The minimum Gasteiger partial charge on any atom is -0.328 e. The van der Waals surface area contributed by atoms with E-state index in [0.29, 0.717) is 6.04 Å². The van der Waals surface area contributed by atoms with Crippen LogP contribution >= 0.6 is 0 Å². The number of H-pyrrole nitrogens is 1. The van der Waals surface area contributed by atoms with E-state index in [1.165, 1.54) is 11.1 Å². The Kier molecular flexibility index (Phi) is 4.19. The van der Waals surface area contributed by atoms with Gasteiger partial charge in [0.1, 0.15) is 0 Å². The predicted molar refractivity (Wildman–Crippen MR) is 101 cm³/mol. The average Bonchev–Trinajstić information content (AvgIpc) is 2.91. The fourth-order valence-electron chi connectivity index (χ4n) is 3.62. The van der Waals surface area contributed by atoms with Crippen molar-refractivity contribution in [1.82, 2.24) is 14.5 Å². The van der Waals surface area contributed by atoms with E-state index in [4.69, 9.17) is 5.73 Å². The van der Waals surface area contributed by atoms with Gasteiger partial charge in [-0.25, -0.2) is 4.79 Å². The molecule has 2 heterocycles. The third-order valence-corrected chi connectivity index (χ3v) is 5.20. The van der Waals surface area contributed by atoms with Crippen LogP contribution in [0.5, 0.6) is 0 Å². The maximum Gasteiger partial charge on any atom is 0.326 e. The van der Waals surface area contributed by atoms with Crippen LogP contribution in [0.25, 0.3) is 22.2 Å². The first-order valence-electron chi connectivity index (χ1n) is 8.86. The van der Waals surface area contributed by atoms with E-state index < -0.39 is 0 Å². The number of imidazole rings is 1. The van der Waals surface area contributed by atoms with Crippen molar-refractivity contribution in [3.8, 4) is 11.1 Å². The summed E-state index contributed by atoms with van der Waals surface area (Å²) in [6.07, 6.45) is 2.16. The van der Waals surface area contributed by atoms with E-state index in [0.717, 1.165) is 49.1 Å². The van der Waals surface area contributed by atoms with Crippen LogP contribution in [-0.2, 0) is 13.6 Å². The maximum atomic E-state index is 11.8. The second-order valence-corrected chi connectivity index (χ2v) is 7.04. The molecule has 3 N–H and O–H groups in total. The zero-order valence-corrected chi connectivity index (χ0v) is 14.5. The summed E-state index contributed by atoms with van der Waals surface area (Å²) >= 11 is 0. The van der Waals surface area contributed by atoms with Crippen LogP contribution in [0.15, 0.2) is 47.3 Å². The first-order valence-corrected chi connectivity index (χ1v) is 8.86. The minimum absolute atomic E-state index is 0.0794. The molecule has 0 radical (unpaired) electrons. The van der Waals surface area contributed by atoms with Gasteiger partial charge in [-0.1, -0.05) is 24.3 Å². The van der Waals surface area contributed by atoms with Gasteiger partial charge in [0.05, 0.1) is 11.0 Å². The molecule has 130 valence electrons. The van der Waals surface area contributed by atoms with Gasteiger partial charge >= 0.3 is 5.69 Å². The molecule has 0 spiro atoms. The van der Waals surface area contributed by atoms with Crippen molar-refractivity contribution in [3.05, 3.63) is 58.5 Å². The Bertz CT molecular complexity index is 948. The summed E-state index contributed by atoms with van der Waals surface area (Å²) in [7, 11) is 1.79. The number of hydrogen-bond donors (Lipinski definition) is 2. The smallest absolute Gasteiger partial charge is 0.326 e. The second-order valence-electron chi connectivity index (χ2n) is 7.04. The SMILES string of the molecule is Cn1c(=O)[nH]c2ccc(-c3cccc(CN4CCC(N)CC4)c3)cc21. The normalized spacial score (nSPS) is 16.6. The zero-order valence-electron chi connectivity index (χ0n) is 14.5. The molecule has 1 saturated heterocycles. The number of fused-ring (bicyclic) bond motifs is 1. The highest BCUT2D eigenvalue weighted by atomic mass is 16.1. The van der Waals surface area contributed by atoms with E-state index in [1.807, 2.05) is 6.07 Å². The summed E-state index contributed by atoms with van der Waals surface area (Å²) in [6, 6.07) is 15.2. The highest BCUT2D eigenvalue weighted by molar-refractivity contribution is 5.82. The summed E-state index contributed by atoms with van der Waals surface area (Å²) in [5, 5.41) is 0. The van der Waals surface area contributed by atoms with E-state index in [9.17, 15) is 4.79 Å². The number of nitrogens with one attached hydrogen (secondary N) is 1. The maximum absolute atomic E-state index is 11.8. The quantitative estimate of drug-likeness (QED) is 0.772. The molecule has 2 aromatic carbocycles. The van der Waals surface area contributed by atoms with E-state index >= 15 is 0 Å². The van der Waals surface area contributed by atoms with Gasteiger partial charge in [-0.2, -0.15) is 0 Å². The van der Waals surface area contributed by atoms with Crippen LogP contribution < -0.4 is 11.4 Å². The molecule has 1 fully saturated rings. The topological polar surface area (TPSA) is 67.0 Å². The van der Waals surface area contributed by atoms with Crippen molar-refractivity contribution in [1.29, 1.82) is 0 Å². The van der Waals surface area contributed by atoms with Crippen molar-refractivity contribution in [3.63, 3.8) is 0 Å². The van der Waals surface area contributed by atoms with Crippen molar-refractivity contribution in [2.75, 3.05) is 13.1 Å². The Morgan fingerprint density at radius 2 is 1.88 bits per heavy atom. The Hall–Kier alpha value is -2.37. The van der Waals surface area contributed by atoms with Crippen molar-refractivity contribution in [2.24, 2.45) is 12.8 Å². The van der Waals surface area contributed by atoms with Crippen LogP contribution in [0, 0.1) is 0 Å². The molecular formula is C20H24N4O. The number of benzene rings is 2. The van der Waals surface area contributed by atoms with Gasteiger partial charge in [-0.05, 0) is 60.8 Å². The Labute approximate surface area is 147 Å². The lowest BCUT2D eigenvalue weighted by molar-refractivity contribution is 0.205. The number of nitrogens with two attached hydrogens (primary N) is 1. The lowest BCUT2D eigenvalue weighted by Crippen LogP contribution is -2.39. The summed E-state index contributed by atoms with van der Waals surface area (Å²) < 4.78 is 1.65. The summed E-state index contributed by atoms with van der Waals surface area (Å²) in [5.74, 6) is 0. The molecule has 0 aliphatic carbocycles. The minimum atomic E-state index is -0.0794. The van der Waals surface area contributed by atoms with Crippen LogP contribution in [-0.4, -0.2) is 33.6 Å². The van der Waals surface area contributed by atoms with Gasteiger partial charge in [-0.15, -0.1) is 0 Å². The van der Waals surface area contributed by atoms with E-state index in [-0.39, 0.29) is 5.69 Å². The molecule has 5 nitrogen and oxygen atoms in total. The lowest BCUT2D eigenvalue weighted by atomic mass is 10.0. The number of piperidine rings is 1. The predicted octanol–water partition coefficient (Wildman–Crippen LogP) is 2.46. The molecule has 25 heavy (non-hydrogen) atoms. The molecule has 0 saturated carbocycles. The second kappa shape index (κ2) is 6.50. The van der Waals surface area contributed by atoms with E-state index in [2.05, 4.69) is 46.3 Å². The van der Waals surface area contributed by atoms with Crippen LogP contribution in [0.4, 0.5) is 0 Å². The first-order chi connectivity index (χ1) is 12.1. The van der Waals surface area contributed by atoms with Crippen LogP contribution in [0.2, 0.25) is 0 Å². The van der Waals surface area contributed by atoms with Crippen molar-refractivity contribution in [2.45, 2.75) is 25.4 Å². The fourth-order valence-corrected chi connectivity index (χ4v) is 3.62. The summed E-state index contributed by atoms with van der Waals surface area (Å²) in [6.45, 7) is 3.11. The first kappa shape index (κ1) is 16.1. The van der Waals surface area contributed by atoms with Gasteiger partial charge in [0, 0.05) is 19.6 Å². The fraction of sp³-hybridized carbons (Fsp3) is 0.350. The molecule has 1 aromatic heterocycles. The summed E-state index contributed by atoms with van der Waals surface area (Å²) in [4.78, 5) is 17.1. The Balaban J connectivity index is 1.60.